The molecular formula is C11H17N3O2S. The zero-order chi connectivity index (χ0) is 12.3. The van der Waals surface area contributed by atoms with Crippen molar-refractivity contribution < 1.29 is 8.42 Å². The van der Waals surface area contributed by atoms with Crippen LogP contribution in [0.4, 0.5) is 11.4 Å². The van der Waals surface area contributed by atoms with Crippen molar-refractivity contribution in [1.29, 1.82) is 0 Å². The zero-order valence-corrected chi connectivity index (χ0v) is 10.6. The highest BCUT2D eigenvalue weighted by atomic mass is 32.2. The standard InChI is InChI=1S/C11H17N3O2S/c1-12-10-4-6-11(7-5-10)13-17(15,16)14-8-2-3-9-14/h4-7,12-13H,2-3,8-9H2,1H3. The molecule has 1 aliphatic rings. The summed E-state index contributed by atoms with van der Waals surface area (Å²) < 4.78 is 28.0. The van der Waals surface area contributed by atoms with Gasteiger partial charge in [0.2, 0.25) is 0 Å². The van der Waals surface area contributed by atoms with Gasteiger partial charge < -0.3 is 5.32 Å². The molecule has 0 atom stereocenters. The van der Waals surface area contributed by atoms with E-state index in [9.17, 15) is 8.42 Å². The van der Waals surface area contributed by atoms with Crippen LogP contribution in [0.25, 0.3) is 0 Å². The van der Waals surface area contributed by atoms with Gasteiger partial charge in [-0.05, 0) is 37.1 Å². The third-order valence-electron chi connectivity index (χ3n) is 2.83. The van der Waals surface area contributed by atoms with Crippen LogP contribution < -0.4 is 10.0 Å². The summed E-state index contributed by atoms with van der Waals surface area (Å²) in [5.74, 6) is 0. The fourth-order valence-corrected chi connectivity index (χ4v) is 3.15. The summed E-state index contributed by atoms with van der Waals surface area (Å²) in [5, 5.41) is 2.98. The van der Waals surface area contributed by atoms with Gasteiger partial charge in [-0.1, -0.05) is 0 Å². The van der Waals surface area contributed by atoms with Crippen LogP contribution in [0.2, 0.25) is 0 Å². The minimum absolute atomic E-state index is 0.593. The van der Waals surface area contributed by atoms with Crippen molar-refractivity contribution in [2.24, 2.45) is 0 Å². The molecule has 0 saturated carbocycles. The smallest absolute Gasteiger partial charge is 0.301 e. The number of nitrogens with zero attached hydrogens (tertiary/aromatic N) is 1. The lowest BCUT2D eigenvalue weighted by molar-refractivity contribution is 0.482. The van der Waals surface area contributed by atoms with Crippen molar-refractivity contribution in [3.05, 3.63) is 24.3 Å². The first-order valence-corrected chi connectivity index (χ1v) is 7.11. The number of rotatable bonds is 4. The molecule has 1 saturated heterocycles. The topological polar surface area (TPSA) is 61.4 Å². The molecule has 6 heteroatoms. The second-order valence-electron chi connectivity index (χ2n) is 4.04. The summed E-state index contributed by atoms with van der Waals surface area (Å²) in [6, 6.07) is 7.17. The monoisotopic (exact) mass is 255 g/mol. The Balaban J connectivity index is 2.08. The van der Waals surface area contributed by atoms with E-state index in [1.54, 1.807) is 12.1 Å². The highest BCUT2D eigenvalue weighted by Crippen LogP contribution is 2.18. The largest absolute Gasteiger partial charge is 0.388 e. The molecule has 0 amide bonds. The molecule has 1 heterocycles. The van der Waals surface area contributed by atoms with Crippen LogP contribution in [0.5, 0.6) is 0 Å². The molecule has 0 radical (unpaired) electrons. The first-order chi connectivity index (χ1) is 8.12. The fraction of sp³-hybridized carbons (Fsp3) is 0.455. The Kier molecular flexibility index (Phi) is 3.54. The van der Waals surface area contributed by atoms with Crippen molar-refractivity contribution in [1.82, 2.24) is 4.31 Å². The number of benzene rings is 1. The van der Waals surface area contributed by atoms with Gasteiger partial charge in [0.1, 0.15) is 0 Å². The molecule has 0 aliphatic carbocycles. The van der Waals surface area contributed by atoms with Gasteiger partial charge in [-0.3, -0.25) is 4.72 Å². The van der Waals surface area contributed by atoms with Gasteiger partial charge in [-0.15, -0.1) is 0 Å². The molecule has 1 aromatic carbocycles. The van der Waals surface area contributed by atoms with Gasteiger partial charge >= 0.3 is 10.2 Å². The summed E-state index contributed by atoms with van der Waals surface area (Å²) >= 11 is 0. The van der Waals surface area contributed by atoms with E-state index in [0.29, 0.717) is 18.8 Å². The Morgan fingerprint density at radius 1 is 1.06 bits per heavy atom. The number of hydrogen-bond donors (Lipinski definition) is 2. The van der Waals surface area contributed by atoms with Crippen LogP contribution in [-0.2, 0) is 10.2 Å². The van der Waals surface area contributed by atoms with Crippen LogP contribution in [0.15, 0.2) is 24.3 Å². The van der Waals surface area contributed by atoms with Gasteiger partial charge in [0.15, 0.2) is 0 Å². The lowest BCUT2D eigenvalue weighted by Gasteiger charge is -2.16. The minimum atomic E-state index is -3.37. The molecule has 0 aromatic heterocycles. The summed E-state index contributed by atoms with van der Waals surface area (Å²) in [7, 11) is -1.55. The molecule has 5 nitrogen and oxygen atoms in total. The van der Waals surface area contributed by atoms with Crippen LogP contribution in [0.3, 0.4) is 0 Å². The van der Waals surface area contributed by atoms with E-state index in [1.807, 2.05) is 19.2 Å². The van der Waals surface area contributed by atoms with Crippen LogP contribution in [0.1, 0.15) is 12.8 Å². The predicted molar refractivity (Wildman–Crippen MR) is 69.3 cm³/mol. The molecule has 1 aromatic rings. The zero-order valence-electron chi connectivity index (χ0n) is 9.81. The van der Waals surface area contributed by atoms with Gasteiger partial charge in [-0.2, -0.15) is 12.7 Å². The quantitative estimate of drug-likeness (QED) is 0.856. The van der Waals surface area contributed by atoms with E-state index in [4.69, 9.17) is 0 Å². The minimum Gasteiger partial charge on any atom is -0.388 e. The van der Waals surface area contributed by atoms with Crippen molar-refractivity contribution >= 4 is 21.6 Å². The van der Waals surface area contributed by atoms with Gasteiger partial charge in [0.05, 0.1) is 0 Å². The molecule has 17 heavy (non-hydrogen) atoms. The van der Waals surface area contributed by atoms with Gasteiger partial charge in [-0.25, -0.2) is 0 Å². The lowest BCUT2D eigenvalue weighted by atomic mass is 10.3. The average molecular weight is 255 g/mol. The molecule has 1 fully saturated rings. The number of hydrogen-bond acceptors (Lipinski definition) is 3. The summed E-state index contributed by atoms with van der Waals surface area (Å²) in [5.41, 5.74) is 1.55. The molecule has 0 unspecified atom stereocenters. The third kappa shape index (κ3) is 2.89. The average Bonchev–Trinajstić information content (AvgIpc) is 2.84. The molecule has 2 rings (SSSR count). The Morgan fingerprint density at radius 3 is 2.12 bits per heavy atom. The van der Waals surface area contributed by atoms with Crippen molar-refractivity contribution in [2.75, 3.05) is 30.2 Å². The Bertz CT molecular complexity index is 464. The maximum Gasteiger partial charge on any atom is 0.301 e. The molecular weight excluding hydrogens is 238 g/mol. The van der Waals surface area contributed by atoms with E-state index in [2.05, 4.69) is 10.0 Å². The predicted octanol–water partition coefficient (Wildman–Crippen LogP) is 1.48. The second kappa shape index (κ2) is 4.93. The van der Waals surface area contributed by atoms with E-state index in [0.717, 1.165) is 18.5 Å². The Hall–Kier alpha value is -1.27. The van der Waals surface area contributed by atoms with Crippen molar-refractivity contribution in [3.8, 4) is 0 Å². The van der Waals surface area contributed by atoms with Crippen molar-refractivity contribution in [3.63, 3.8) is 0 Å². The first kappa shape index (κ1) is 12.2. The Morgan fingerprint density at radius 2 is 1.59 bits per heavy atom. The summed E-state index contributed by atoms with van der Waals surface area (Å²) in [4.78, 5) is 0. The van der Waals surface area contributed by atoms with E-state index >= 15 is 0 Å². The Labute approximate surface area is 102 Å². The van der Waals surface area contributed by atoms with Crippen LogP contribution >= 0.6 is 0 Å². The van der Waals surface area contributed by atoms with Crippen LogP contribution in [-0.4, -0.2) is 32.9 Å². The number of nitrogens with one attached hydrogen (secondary N) is 2. The summed E-state index contributed by atoms with van der Waals surface area (Å²) in [6.07, 6.45) is 1.89. The van der Waals surface area contributed by atoms with Crippen LogP contribution in [0, 0.1) is 0 Å². The lowest BCUT2D eigenvalue weighted by Crippen LogP contribution is -2.33. The molecule has 94 valence electrons. The molecule has 1 aliphatic heterocycles. The SMILES string of the molecule is CNc1ccc(NS(=O)(=O)N2CCCC2)cc1. The maximum atomic E-state index is 12.0. The highest BCUT2D eigenvalue weighted by molar-refractivity contribution is 7.90. The maximum absolute atomic E-state index is 12.0. The van der Waals surface area contributed by atoms with Gasteiger partial charge in [0.25, 0.3) is 0 Å². The fourth-order valence-electron chi connectivity index (χ4n) is 1.85. The molecule has 0 bridgehead atoms. The first-order valence-electron chi connectivity index (χ1n) is 5.67. The summed E-state index contributed by atoms with van der Waals surface area (Å²) in [6.45, 7) is 1.23. The van der Waals surface area contributed by atoms with E-state index in [1.165, 1.54) is 4.31 Å². The van der Waals surface area contributed by atoms with E-state index < -0.39 is 10.2 Å². The number of anilines is 2. The normalized spacial score (nSPS) is 17.0. The molecule has 2 N–H and O–H groups in total. The highest BCUT2D eigenvalue weighted by Gasteiger charge is 2.24. The third-order valence-corrected chi connectivity index (χ3v) is 4.36. The second-order valence-corrected chi connectivity index (χ2v) is 5.71. The van der Waals surface area contributed by atoms with Crippen molar-refractivity contribution in [2.45, 2.75) is 12.8 Å². The van der Waals surface area contributed by atoms with E-state index in [-0.39, 0.29) is 0 Å². The molecule has 0 spiro atoms. The van der Waals surface area contributed by atoms with Gasteiger partial charge in [0, 0.05) is 31.5 Å².